The molecule has 1 N–H and O–H groups in total. The molecule has 1 fully saturated rings. The standard InChI is InChI=1S/C19H35N5OS.HI/c1-6-20-19(21-11-16-9-8-10-24(7-2)12-16)23(4)13-17-14-26-18(22-17)15(3)25-5;/h14-16H,6-13H2,1-5H3,(H,20,21);1H. The average Bonchev–Trinajstić information content (AvgIpc) is 3.13. The molecule has 0 radical (unpaired) electrons. The van der Waals surface area contributed by atoms with Gasteiger partial charge in [-0.05, 0) is 45.7 Å². The minimum Gasteiger partial charge on any atom is -0.375 e. The molecule has 0 aromatic carbocycles. The van der Waals surface area contributed by atoms with Crippen molar-refractivity contribution in [3.8, 4) is 0 Å². The Hall–Kier alpha value is -0.450. The Morgan fingerprint density at radius 3 is 2.96 bits per heavy atom. The van der Waals surface area contributed by atoms with Crippen molar-refractivity contribution in [2.24, 2.45) is 10.9 Å². The highest BCUT2D eigenvalue weighted by Gasteiger charge is 2.19. The molecule has 27 heavy (non-hydrogen) atoms. The first-order valence-corrected chi connectivity index (χ1v) is 10.6. The van der Waals surface area contributed by atoms with Crippen LogP contribution in [0.5, 0.6) is 0 Å². The van der Waals surface area contributed by atoms with E-state index in [-0.39, 0.29) is 30.1 Å². The number of likely N-dealkylation sites (tertiary alicyclic amines) is 1. The van der Waals surface area contributed by atoms with E-state index in [0.717, 1.165) is 42.8 Å². The molecular weight excluding hydrogens is 473 g/mol. The number of halogens is 1. The molecule has 1 saturated heterocycles. The SMILES string of the molecule is CCNC(=NCC1CCCN(CC)C1)N(C)Cc1csc(C(C)OC)n1.I. The van der Waals surface area contributed by atoms with Gasteiger partial charge >= 0.3 is 0 Å². The molecule has 1 aromatic heterocycles. The number of rotatable bonds is 8. The highest BCUT2D eigenvalue weighted by Crippen LogP contribution is 2.21. The Kier molecular flexibility index (Phi) is 11.7. The summed E-state index contributed by atoms with van der Waals surface area (Å²) in [5, 5.41) is 6.57. The Morgan fingerprint density at radius 2 is 2.30 bits per heavy atom. The zero-order valence-electron chi connectivity index (χ0n) is 17.4. The quantitative estimate of drug-likeness (QED) is 0.330. The number of piperidine rings is 1. The van der Waals surface area contributed by atoms with Gasteiger partial charge in [-0.3, -0.25) is 4.99 Å². The predicted octanol–water partition coefficient (Wildman–Crippen LogP) is 3.60. The van der Waals surface area contributed by atoms with Crippen LogP contribution in [0.15, 0.2) is 10.4 Å². The van der Waals surface area contributed by atoms with Crippen LogP contribution in [0, 0.1) is 5.92 Å². The van der Waals surface area contributed by atoms with Gasteiger partial charge in [0.2, 0.25) is 0 Å². The Morgan fingerprint density at radius 1 is 1.52 bits per heavy atom. The minimum absolute atomic E-state index is 0. The summed E-state index contributed by atoms with van der Waals surface area (Å²) >= 11 is 1.66. The van der Waals surface area contributed by atoms with Gasteiger partial charge in [-0.25, -0.2) is 4.98 Å². The van der Waals surface area contributed by atoms with Gasteiger partial charge in [-0.2, -0.15) is 0 Å². The number of hydrogen-bond acceptors (Lipinski definition) is 5. The van der Waals surface area contributed by atoms with Crippen LogP contribution in [0.2, 0.25) is 0 Å². The molecule has 156 valence electrons. The number of aromatic nitrogens is 1. The van der Waals surface area contributed by atoms with Crippen LogP contribution < -0.4 is 5.32 Å². The number of thiazole rings is 1. The molecule has 2 atom stereocenters. The fraction of sp³-hybridized carbons (Fsp3) is 0.789. The molecule has 1 aliphatic heterocycles. The third-order valence-corrected chi connectivity index (χ3v) is 5.97. The third kappa shape index (κ3) is 7.83. The summed E-state index contributed by atoms with van der Waals surface area (Å²) in [5.41, 5.74) is 1.07. The van der Waals surface area contributed by atoms with Crippen LogP contribution in [0.3, 0.4) is 0 Å². The molecule has 1 aromatic rings. The van der Waals surface area contributed by atoms with Gasteiger partial charge in [0.1, 0.15) is 11.1 Å². The van der Waals surface area contributed by atoms with Crippen LogP contribution >= 0.6 is 35.3 Å². The monoisotopic (exact) mass is 509 g/mol. The van der Waals surface area contributed by atoms with Crippen molar-refractivity contribution in [2.75, 3.05) is 46.9 Å². The molecule has 2 unspecified atom stereocenters. The maximum absolute atomic E-state index is 5.36. The van der Waals surface area contributed by atoms with E-state index >= 15 is 0 Å². The Balaban J connectivity index is 0.00000364. The molecule has 6 nitrogen and oxygen atoms in total. The molecule has 0 aliphatic carbocycles. The number of methoxy groups -OCH3 is 1. The summed E-state index contributed by atoms with van der Waals surface area (Å²) in [4.78, 5) is 14.3. The van der Waals surface area contributed by atoms with Crippen molar-refractivity contribution in [3.05, 3.63) is 16.1 Å². The fourth-order valence-electron chi connectivity index (χ4n) is 3.27. The molecule has 2 heterocycles. The van der Waals surface area contributed by atoms with Crippen molar-refractivity contribution >= 4 is 41.3 Å². The third-order valence-electron chi connectivity index (χ3n) is 4.92. The number of nitrogens with zero attached hydrogens (tertiary/aromatic N) is 4. The first-order valence-electron chi connectivity index (χ1n) is 9.76. The van der Waals surface area contributed by atoms with E-state index in [1.807, 2.05) is 6.92 Å². The highest BCUT2D eigenvalue weighted by molar-refractivity contribution is 14.0. The molecular formula is C19H36IN5OS. The number of guanidine groups is 1. The second-order valence-electron chi connectivity index (χ2n) is 7.01. The van der Waals surface area contributed by atoms with Gasteiger partial charge in [0, 0.05) is 39.2 Å². The second kappa shape index (κ2) is 12.9. The number of aliphatic imine (C=N–C) groups is 1. The number of nitrogens with one attached hydrogen (secondary N) is 1. The smallest absolute Gasteiger partial charge is 0.194 e. The zero-order valence-corrected chi connectivity index (χ0v) is 20.5. The number of ether oxygens (including phenoxy) is 1. The molecule has 8 heteroatoms. The van der Waals surface area contributed by atoms with Gasteiger partial charge < -0.3 is 19.9 Å². The topological polar surface area (TPSA) is 53.0 Å². The summed E-state index contributed by atoms with van der Waals surface area (Å²) in [6.07, 6.45) is 2.63. The van der Waals surface area contributed by atoms with Crippen LogP contribution in [-0.4, -0.2) is 67.6 Å². The van der Waals surface area contributed by atoms with E-state index in [9.17, 15) is 0 Å². The van der Waals surface area contributed by atoms with Gasteiger partial charge in [-0.15, -0.1) is 35.3 Å². The Labute approximate surface area is 185 Å². The van der Waals surface area contributed by atoms with Gasteiger partial charge in [-0.1, -0.05) is 6.92 Å². The highest BCUT2D eigenvalue weighted by atomic mass is 127. The maximum atomic E-state index is 5.36. The van der Waals surface area contributed by atoms with E-state index in [1.165, 1.54) is 25.9 Å². The Bertz CT molecular complexity index is 568. The van der Waals surface area contributed by atoms with Crippen molar-refractivity contribution in [3.63, 3.8) is 0 Å². The van der Waals surface area contributed by atoms with Crippen molar-refractivity contribution in [1.82, 2.24) is 20.1 Å². The average molecular weight is 510 g/mol. The lowest BCUT2D eigenvalue weighted by Crippen LogP contribution is -2.40. The molecule has 0 amide bonds. The summed E-state index contributed by atoms with van der Waals surface area (Å²) in [7, 11) is 3.80. The van der Waals surface area contributed by atoms with E-state index in [4.69, 9.17) is 14.7 Å². The lowest BCUT2D eigenvalue weighted by atomic mass is 9.98. The van der Waals surface area contributed by atoms with Crippen LogP contribution in [0.1, 0.15) is 50.4 Å². The molecule has 0 spiro atoms. The number of hydrogen-bond donors (Lipinski definition) is 1. The molecule has 0 saturated carbocycles. The first kappa shape index (κ1) is 24.6. The molecule has 1 aliphatic rings. The second-order valence-corrected chi connectivity index (χ2v) is 7.90. The predicted molar refractivity (Wildman–Crippen MR) is 125 cm³/mol. The van der Waals surface area contributed by atoms with E-state index in [2.05, 4.69) is 41.4 Å². The van der Waals surface area contributed by atoms with Crippen LogP contribution in [-0.2, 0) is 11.3 Å². The van der Waals surface area contributed by atoms with Gasteiger partial charge in [0.25, 0.3) is 0 Å². The fourth-order valence-corrected chi connectivity index (χ4v) is 4.12. The van der Waals surface area contributed by atoms with E-state index < -0.39 is 0 Å². The minimum atomic E-state index is 0. The zero-order chi connectivity index (χ0) is 18.9. The summed E-state index contributed by atoms with van der Waals surface area (Å²) in [6, 6.07) is 0. The van der Waals surface area contributed by atoms with Crippen LogP contribution in [0.4, 0.5) is 0 Å². The van der Waals surface area contributed by atoms with Gasteiger partial charge in [0.15, 0.2) is 5.96 Å². The van der Waals surface area contributed by atoms with E-state index in [1.54, 1.807) is 18.4 Å². The molecule has 0 bridgehead atoms. The maximum Gasteiger partial charge on any atom is 0.194 e. The molecule has 2 rings (SSSR count). The lowest BCUT2D eigenvalue weighted by molar-refractivity contribution is 0.119. The normalized spacial score (nSPS) is 19.4. The van der Waals surface area contributed by atoms with Crippen molar-refractivity contribution in [2.45, 2.75) is 46.3 Å². The van der Waals surface area contributed by atoms with Crippen LogP contribution in [0.25, 0.3) is 0 Å². The van der Waals surface area contributed by atoms with Crippen molar-refractivity contribution in [1.29, 1.82) is 0 Å². The lowest BCUT2D eigenvalue weighted by Gasteiger charge is -2.31. The summed E-state index contributed by atoms with van der Waals surface area (Å²) in [5.74, 6) is 1.63. The first-order chi connectivity index (χ1) is 12.6. The van der Waals surface area contributed by atoms with Gasteiger partial charge in [0.05, 0.1) is 12.2 Å². The van der Waals surface area contributed by atoms with E-state index in [0.29, 0.717) is 5.92 Å². The summed E-state index contributed by atoms with van der Waals surface area (Å²) < 4.78 is 5.36. The summed E-state index contributed by atoms with van der Waals surface area (Å²) in [6.45, 7) is 12.5. The largest absolute Gasteiger partial charge is 0.375 e. The van der Waals surface area contributed by atoms with Crippen molar-refractivity contribution < 1.29 is 4.74 Å².